The van der Waals surface area contributed by atoms with E-state index in [2.05, 4.69) is 26.6 Å². The van der Waals surface area contributed by atoms with Gasteiger partial charge in [-0.3, -0.25) is 9.59 Å². The average molecular weight is 325 g/mol. The van der Waals surface area contributed by atoms with Crippen LogP contribution in [0.25, 0.3) is 0 Å². The molecule has 102 valence electrons. The van der Waals surface area contributed by atoms with E-state index in [9.17, 15) is 9.59 Å². The third-order valence-electron chi connectivity index (χ3n) is 2.92. The van der Waals surface area contributed by atoms with E-state index in [4.69, 9.17) is 0 Å². The highest BCUT2D eigenvalue weighted by Gasteiger charge is 2.22. The number of halogens is 1. The number of carbonyl (C=O) groups excluding carboxylic acids is 2. The second-order valence-corrected chi connectivity index (χ2v) is 5.62. The molecule has 0 saturated heterocycles. The van der Waals surface area contributed by atoms with E-state index in [1.165, 1.54) is 0 Å². The van der Waals surface area contributed by atoms with Gasteiger partial charge in [0, 0.05) is 29.0 Å². The van der Waals surface area contributed by atoms with Crippen LogP contribution in [0.1, 0.15) is 36.0 Å². The minimum Gasteiger partial charge on any atom is -0.353 e. The van der Waals surface area contributed by atoms with Gasteiger partial charge in [-0.25, -0.2) is 0 Å². The van der Waals surface area contributed by atoms with E-state index >= 15 is 0 Å². The number of nitrogens with one attached hydrogen (secondary N) is 2. The third-order valence-corrected chi connectivity index (χ3v) is 3.44. The first kappa shape index (κ1) is 14.1. The summed E-state index contributed by atoms with van der Waals surface area (Å²) in [5.41, 5.74) is 0.630. The van der Waals surface area contributed by atoms with Crippen molar-refractivity contribution in [3.05, 3.63) is 34.3 Å². The van der Waals surface area contributed by atoms with Crippen LogP contribution in [0, 0.1) is 0 Å². The van der Waals surface area contributed by atoms with Crippen molar-refractivity contribution in [2.24, 2.45) is 0 Å². The quantitative estimate of drug-likeness (QED) is 0.788. The highest BCUT2D eigenvalue weighted by molar-refractivity contribution is 9.10. The van der Waals surface area contributed by atoms with Crippen LogP contribution in [-0.4, -0.2) is 24.4 Å². The van der Waals surface area contributed by atoms with Crippen molar-refractivity contribution in [1.82, 2.24) is 10.6 Å². The van der Waals surface area contributed by atoms with Crippen LogP contribution in [0.4, 0.5) is 0 Å². The van der Waals surface area contributed by atoms with Gasteiger partial charge in [0.1, 0.15) is 0 Å². The summed E-state index contributed by atoms with van der Waals surface area (Å²) in [7, 11) is 0. The van der Waals surface area contributed by atoms with Crippen molar-refractivity contribution in [2.75, 3.05) is 6.54 Å². The lowest BCUT2D eigenvalue weighted by atomic mass is 10.2. The summed E-state index contributed by atoms with van der Waals surface area (Å²) < 4.78 is 0.945. The molecule has 0 aromatic heterocycles. The van der Waals surface area contributed by atoms with Crippen LogP contribution in [0.3, 0.4) is 0 Å². The molecule has 0 radical (unpaired) electrons. The number of carbonyl (C=O) groups is 2. The Morgan fingerprint density at radius 3 is 2.53 bits per heavy atom. The summed E-state index contributed by atoms with van der Waals surface area (Å²) in [6.45, 7) is 0.521. The topological polar surface area (TPSA) is 58.2 Å². The molecule has 0 bridgehead atoms. The second kappa shape index (κ2) is 6.70. The first-order valence-corrected chi connectivity index (χ1v) is 7.27. The van der Waals surface area contributed by atoms with Crippen LogP contribution in [0.15, 0.2) is 28.7 Å². The molecular formula is C14H17BrN2O2. The SMILES string of the molecule is O=C(CCCNC(=O)c1ccc(Br)cc1)NC1CC1. The number of hydrogen-bond acceptors (Lipinski definition) is 2. The summed E-state index contributed by atoms with van der Waals surface area (Å²) in [5, 5.41) is 5.73. The summed E-state index contributed by atoms with van der Waals surface area (Å²) in [6, 6.07) is 7.60. The fourth-order valence-electron chi connectivity index (χ4n) is 1.68. The molecule has 0 aliphatic heterocycles. The predicted octanol–water partition coefficient (Wildman–Crippen LogP) is 2.24. The van der Waals surface area contributed by atoms with Gasteiger partial charge in [-0.2, -0.15) is 0 Å². The molecule has 2 amide bonds. The van der Waals surface area contributed by atoms with E-state index in [1.807, 2.05) is 12.1 Å². The molecular weight excluding hydrogens is 308 g/mol. The number of amides is 2. The van der Waals surface area contributed by atoms with Crippen LogP contribution in [-0.2, 0) is 4.79 Å². The fraction of sp³-hybridized carbons (Fsp3) is 0.429. The molecule has 0 unspecified atom stereocenters. The Bertz CT molecular complexity index is 455. The van der Waals surface area contributed by atoms with E-state index in [-0.39, 0.29) is 11.8 Å². The molecule has 4 nitrogen and oxygen atoms in total. The maximum absolute atomic E-state index is 11.8. The minimum atomic E-state index is -0.102. The zero-order valence-corrected chi connectivity index (χ0v) is 12.2. The van der Waals surface area contributed by atoms with Crippen molar-refractivity contribution >= 4 is 27.7 Å². The Morgan fingerprint density at radius 2 is 1.89 bits per heavy atom. The van der Waals surface area contributed by atoms with Gasteiger partial charge < -0.3 is 10.6 Å². The molecule has 5 heteroatoms. The average Bonchev–Trinajstić information content (AvgIpc) is 3.19. The standard InChI is InChI=1S/C14H17BrN2O2/c15-11-5-3-10(4-6-11)14(19)16-9-1-2-13(18)17-12-7-8-12/h3-6,12H,1-2,7-9H2,(H,16,19)(H,17,18). The third kappa shape index (κ3) is 5.03. The van der Waals surface area contributed by atoms with Gasteiger partial charge in [0.2, 0.25) is 5.91 Å². The lowest BCUT2D eigenvalue weighted by Crippen LogP contribution is -2.28. The lowest BCUT2D eigenvalue weighted by Gasteiger charge is -2.06. The van der Waals surface area contributed by atoms with Crippen LogP contribution in [0.5, 0.6) is 0 Å². The molecule has 1 aliphatic carbocycles. The highest BCUT2D eigenvalue weighted by atomic mass is 79.9. The van der Waals surface area contributed by atoms with Gasteiger partial charge in [0.25, 0.3) is 5.91 Å². The zero-order valence-electron chi connectivity index (χ0n) is 10.6. The van der Waals surface area contributed by atoms with E-state index in [1.54, 1.807) is 12.1 Å². The largest absolute Gasteiger partial charge is 0.353 e. The molecule has 19 heavy (non-hydrogen) atoms. The van der Waals surface area contributed by atoms with Gasteiger partial charge >= 0.3 is 0 Å². The molecule has 0 atom stereocenters. The summed E-state index contributed by atoms with van der Waals surface area (Å²) in [4.78, 5) is 23.2. The maximum Gasteiger partial charge on any atom is 0.251 e. The highest BCUT2D eigenvalue weighted by Crippen LogP contribution is 2.18. The van der Waals surface area contributed by atoms with Crippen LogP contribution < -0.4 is 10.6 Å². The molecule has 0 spiro atoms. The molecule has 2 N–H and O–H groups in total. The van der Waals surface area contributed by atoms with Crippen molar-refractivity contribution in [3.63, 3.8) is 0 Å². The predicted molar refractivity (Wildman–Crippen MR) is 76.9 cm³/mol. The Hall–Kier alpha value is -1.36. The molecule has 1 saturated carbocycles. The summed E-state index contributed by atoms with van der Waals surface area (Å²) in [5.74, 6) is -0.0181. The molecule has 2 rings (SSSR count). The van der Waals surface area contributed by atoms with E-state index < -0.39 is 0 Å². The Kier molecular flexibility index (Phi) is 4.96. The number of hydrogen-bond donors (Lipinski definition) is 2. The number of rotatable bonds is 6. The number of benzene rings is 1. The Labute approximate surface area is 121 Å². The Morgan fingerprint density at radius 1 is 1.21 bits per heavy atom. The van der Waals surface area contributed by atoms with Crippen molar-refractivity contribution < 1.29 is 9.59 Å². The molecule has 1 aromatic rings. The maximum atomic E-state index is 11.8. The van der Waals surface area contributed by atoms with Crippen molar-refractivity contribution in [3.8, 4) is 0 Å². The second-order valence-electron chi connectivity index (χ2n) is 4.71. The van der Waals surface area contributed by atoms with Gasteiger partial charge in [0.05, 0.1) is 0 Å². The van der Waals surface area contributed by atoms with Gasteiger partial charge in [-0.05, 0) is 43.5 Å². The molecule has 0 heterocycles. The van der Waals surface area contributed by atoms with Crippen LogP contribution in [0.2, 0.25) is 0 Å². The molecule has 1 aliphatic rings. The van der Waals surface area contributed by atoms with Crippen molar-refractivity contribution in [1.29, 1.82) is 0 Å². The fourth-order valence-corrected chi connectivity index (χ4v) is 1.95. The summed E-state index contributed by atoms with van der Waals surface area (Å²) >= 11 is 3.32. The minimum absolute atomic E-state index is 0.0837. The van der Waals surface area contributed by atoms with E-state index in [0.29, 0.717) is 31.0 Å². The molecule has 1 aromatic carbocycles. The zero-order chi connectivity index (χ0) is 13.7. The first-order chi connectivity index (χ1) is 9.15. The van der Waals surface area contributed by atoms with Gasteiger partial charge in [0.15, 0.2) is 0 Å². The normalized spacial score (nSPS) is 13.9. The monoisotopic (exact) mass is 324 g/mol. The van der Waals surface area contributed by atoms with Crippen LogP contribution >= 0.6 is 15.9 Å². The molecule has 1 fully saturated rings. The first-order valence-electron chi connectivity index (χ1n) is 6.48. The Balaban J connectivity index is 1.63. The van der Waals surface area contributed by atoms with Crippen molar-refractivity contribution in [2.45, 2.75) is 31.7 Å². The van der Waals surface area contributed by atoms with Gasteiger partial charge in [-0.1, -0.05) is 15.9 Å². The van der Waals surface area contributed by atoms with Gasteiger partial charge in [-0.15, -0.1) is 0 Å². The van der Waals surface area contributed by atoms with E-state index in [0.717, 1.165) is 17.3 Å². The lowest BCUT2D eigenvalue weighted by molar-refractivity contribution is -0.121. The smallest absolute Gasteiger partial charge is 0.251 e. The summed E-state index contributed by atoms with van der Waals surface area (Å²) in [6.07, 6.45) is 3.34.